The molecule has 0 amide bonds. The summed E-state index contributed by atoms with van der Waals surface area (Å²) in [5.41, 5.74) is 0. The van der Waals surface area contributed by atoms with Gasteiger partial charge >= 0.3 is 5.97 Å². The Morgan fingerprint density at radius 3 is 2.18 bits per heavy atom. The fraction of sp³-hybridized carbons (Fsp3) is 0.875. The third kappa shape index (κ3) is 3.98. The van der Waals surface area contributed by atoms with Crippen LogP contribution in [0.3, 0.4) is 0 Å². The molecular weight excluding hydrogens is 142 g/mol. The van der Waals surface area contributed by atoms with E-state index in [1.165, 1.54) is 0 Å². The van der Waals surface area contributed by atoms with Gasteiger partial charge in [-0.25, -0.2) is 0 Å². The van der Waals surface area contributed by atoms with Crippen LogP contribution in [0.4, 0.5) is 0 Å². The molecule has 11 heavy (non-hydrogen) atoms. The topological polar surface area (TPSA) is 26.3 Å². The van der Waals surface area contributed by atoms with Crippen LogP contribution in [0.15, 0.2) is 0 Å². The van der Waals surface area contributed by atoms with Gasteiger partial charge in [-0.2, -0.15) is 0 Å². The lowest BCUT2D eigenvalue weighted by Gasteiger charge is -2.30. The van der Waals surface area contributed by atoms with Crippen molar-refractivity contribution in [3.05, 3.63) is 0 Å². The van der Waals surface area contributed by atoms with Gasteiger partial charge in [-0.15, -0.1) is 0 Å². The van der Waals surface area contributed by atoms with Crippen LogP contribution >= 0.6 is 0 Å². The predicted octanol–water partition coefficient (Wildman–Crippen LogP) is 0.992. The summed E-state index contributed by atoms with van der Waals surface area (Å²) in [6.45, 7) is 3.69. The standard InChI is InChI=1S/C8H18NO2/c1-6-8(10)11-7(2)9(3,4)5/h7H,6H2,1-5H3/q+1. The zero-order valence-corrected chi connectivity index (χ0v) is 8.05. The van der Waals surface area contributed by atoms with E-state index in [1.54, 1.807) is 6.92 Å². The molecule has 3 heteroatoms. The van der Waals surface area contributed by atoms with Gasteiger partial charge < -0.3 is 4.74 Å². The molecule has 3 nitrogen and oxygen atoms in total. The number of hydrogen-bond acceptors (Lipinski definition) is 2. The third-order valence-corrected chi connectivity index (χ3v) is 1.68. The van der Waals surface area contributed by atoms with Crippen molar-refractivity contribution in [2.45, 2.75) is 26.5 Å². The first-order valence-electron chi connectivity index (χ1n) is 3.88. The van der Waals surface area contributed by atoms with Crippen LogP contribution in [-0.2, 0) is 9.53 Å². The van der Waals surface area contributed by atoms with Gasteiger partial charge in [-0.3, -0.25) is 9.28 Å². The average Bonchev–Trinajstić information content (AvgIpc) is 1.85. The molecular formula is C8H18NO2+. The Kier molecular flexibility index (Phi) is 3.52. The van der Waals surface area contributed by atoms with Crippen molar-refractivity contribution in [3.8, 4) is 0 Å². The van der Waals surface area contributed by atoms with E-state index in [0.29, 0.717) is 10.9 Å². The summed E-state index contributed by atoms with van der Waals surface area (Å²) in [5, 5.41) is 0. The second-order valence-electron chi connectivity index (χ2n) is 3.56. The molecule has 0 aliphatic carbocycles. The molecule has 1 atom stereocenters. The van der Waals surface area contributed by atoms with Crippen LogP contribution in [0.25, 0.3) is 0 Å². The Morgan fingerprint density at radius 2 is 1.91 bits per heavy atom. The molecule has 0 heterocycles. The van der Waals surface area contributed by atoms with Crippen LogP contribution in [0, 0.1) is 0 Å². The maximum absolute atomic E-state index is 10.8. The number of ether oxygens (including phenoxy) is 1. The molecule has 0 N–H and O–H groups in total. The number of hydrogen-bond donors (Lipinski definition) is 0. The van der Waals surface area contributed by atoms with E-state index in [-0.39, 0.29) is 12.2 Å². The number of nitrogens with zero attached hydrogens (tertiary/aromatic N) is 1. The number of carbonyl (C=O) groups is 1. The molecule has 0 aliphatic rings. The van der Waals surface area contributed by atoms with E-state index in [9.17, 15) is 4.79 Å². The van der Waals surface area contributed by atoms with E-state index in [2.05, 4.69) is 0 Å². The second-order valence-corrected chi connectivity index (χ2v) is 3.56. The summed E-state index contributed by atoms with van der Waals surface area (Å²) in [6.07, 6.45) is 0.382. The maximum Gasteiger partial charge on any atom is 0.309 e. The fourth-order valence-electron chi connectivity index (χ4n) is 0.432. The van der Waals surface area contributed by atoms with Gasteiger partial charge in [0.15, 0.2) is 0 Å². The van der Waals surface area contributed by atoms with Gasteiger partial charge in [-0.05, 0) is 0 Å². The Bertz CT molecular complexity index is 138. The van der Waals surface area contributed by atoms with E-state index < -0.39 is 0 Å². The first-order valence-corrected chi connectivity index (χ1v) is 3.88. The summed E-state index contributed by atoms with van der Waals surface area (Å²) < 4.78 is 5.74. The summed E-state index contributed by atoms with van der Waals surface area (Å²) in [4.78, 5) is 10.8. The van der Waals surface area contributed by atoms with Crippen molar-refractivity contribution >= 4 is 5.97 Å². The predicted molar refractivity (Wildman–Crippen MR) is 43.9 cm³/mol. The van der Waals surface area contributed by atoms with Crippen LogP contribution in [0.5, 0.6) is 0 Å². The zero-order valence-electron chi connectivity index (χ0n) is 8.05. The SMILES string of the molecule is CCC(=O)OC(C)[N+](C)(C)C. The van der Waals surface area contributed by atoms with Crippen molar-refractivity contribution in [1.82, 2.24) is 0 Å². The molecule has 0 fully saturated rings. The Hall–Kier alpha value is -0.570. The molecule has 0 saturated carbocycles. The quantitative estimate of drug-likeness (QED) is 0.349. The number of esters is 1. The highest BCUT2D eigenvalue weighted by Gasteiger charge is 2.21. The van der Waals surface area contributed by atoms with Gasteiger partial charge in [0.1, 0.15) is 0 Å². The minimum Gasteiger partial charge on any atom is -0.413 e. The smallest absolute Gasteiger partial charge is 0.309 e. The molecule has 0 rings (SSSR count). The summed E-state index contributed by atoms with van der Waals surface area (Å²) in [5.74, 6) is -0.134. The largest absolute Gasteiger partial charge is 0.413 e. The van der Waals surface area contributed by atoms with E-state index in [1.807, 2.05) is 28.1 Å². The molecule has 66 valence electrons. The Morgan fingerprint density at radius 1 is 1.45 bits per heavy atom. The molecule has 0 spiro atoms. The van der Waals surface area contributed by atoms with Crippen molar-refractivity contribution < 1.29 is 14.0 Å². The Balaban J connectivity index is 3.87. The molecule has 0 aromatic heterocycles. The highest BCUT2D eigenvalue weighted by Crippen LogP contribution is 2.04. The first kappa shape index (κ1) is 10.4. The first-order chi connectivity index (χ1) is 4.88. The summed E-state index contributed by atoms with van der Waals surface area (Å²) in [6, 6.07) is 0. The van der Waals surface area contributed by atoms with Gasteiger partial charge in [0, 0.05) is 13.3 Å². The molecule has 0 radical (unpaired) electrons. The zero-order chi connectivity index (χ0) is 9.07. The monoisotopic (exact) mass is 160 g/mol. The van der Waals surface area contributed by atoms with E-state index >= 15 is 0 Å². The van der Waals surface area contributed by atoms with E-state index in [4.69, 9.17) is 4.74 Å². The highest BCUT2D eigenvalue weighted by molar-refractivity contribution is 5.68. The lowest BCUT2D eigenvalue weighted by molar-refractivity contribution is -0.914. The van der Waals surface area contributed by atoms with Crippen molar-refractivity contribution in [3.63, 3.8) is 0 Å². The summed E-state index contributed by atoms with van der Waals surface area (Å²) >= 11 is 0. The van der Waals surface area contributed by atoms with Gasteiger partial charge in [0.05, 0.1) is 21.1 Å². The average molecular weight is 160 g/mol. The van der Waals surface area contributed by atoms with E-state index in [0.717, 1.165) is 0 Å². The van der Waals surface area contributed by atoms with Gasteiger partial charge in [0.25, 0.3) is 0 Å². The Labute approximate surface area is 68.5 Å². The number of rotatable bonds is 3. The third-order valence-electron chi connectivity index (χ3n) is 1.68. The minimum absolute atomic E-state index is 0.0672. The molecule has 1 unspecified atom stereocenters. The van der Waals surface area contributed by atoms with Gasteiger partial charge in [0.2, 0.25) is 6.23 Å². The van der Waals surface area contributed by atoms with Crippen LogP contribution in [0.2, 0.25) is 0 Å². The second kappa shape index (κ2) is 3.72. The number of quaternary nitrogens is 1. The molecule has 0 bridgehead atoms. The molecule has 0 aromatic carbocycles. The lowest BCUT2D eigenvalue weighted by atomic mass is 10.4. The van der Waals surface area contributed by atoms with Crippen LogP contribution in [-0.4, -0.2) is 37.8 Å². The van der Waals surface area contributed by atoms with Crippen molar-refractivity contribution in [1.29, 1.82) is 0 Å². The molecule has 0 aliphatic heterocycles. The van der Waals surface area contributed by atoms with Crippen molar-refractivity contribution in [2.75, 3.05) is 21.1 Å². The van der Waals surface area contributed by atoms with Gasteiger partial charge in [-0.1, -0.05) is 6.92 Å². The molecule has 0 saturated heterocycles. The fourth-order valence-corrected chi connectivity index (χ4v) is 0.432. The number of carbonyl (C=O) groups excluding carboxylic acids is 1. The normalized spacial score (nSPS) is 14.3. The highest BCUT2D eigenvalue weighted by atomic mass is 16.6. The lowest BCUT2D eigenvalue weighted by Crippen LogP contribution is -2.45. The maximum atomic E-state index is 10.8. The summed E-state index contributed by atoms with van der Waals surface area (Å²) in [7, 11) is 5.98. The molecule has 0 aromatic rings. The minimum atomic E-state index is -0.134. The van der Waals surface area contributed by atoms with Crippen LogP contribution in [0.1, 0.15) is 20.3 Å². The van der Waals surface area contributed by atoms with Crippen LogP contribution < -0.4 is 0 Å². The van der Waals surface area contributed by atoms with Crippen molar-refractivity contribution in [2.24, 2.45) is 0 Å².